The average Bonchev–Trinajstić information content (AvgIpc) is 3.27. The van der Waals surface area contributed by atoms with Crippen LogP contribution in [-0.4, -0.2) is 23.9 Å². The lowest BCUT2D eigenvalue weighted by Gasteiger charge is -2.54. The molecule has 8 unspecified atom stereocenters. The summed E-state index contributed by atoms with van der Waals surface area (Å²) < 4.78 is 9.82. The second-order valence-corrected chi connectivity index (χ2v) is 12.6. The van der Waals surface area contributed by atoms with Crippen molar-refractivity contribution >= 4 is 23.9 Å². The van der Waals surface area contributed by atoms with Crippen LogP contribution in [0.4, 0.5) is 0 Å². The molecule has 184 valence electrons. The van der Waals surface area contributed by atoms with Crippen molar-refractivity contribution in [3.05, 3.63) is 24.3 Å². The zero-order valence-electron chi connectivity index (χ0n) is 21.1. The first-order chi connectivity index (χ1) is 15.8. The van der Waals surface area contributed by atoms with Crippen LogP contribution in [0.5, 0.6) is 0 Å². The van der Waals surface area contributed by atoms with Gasteiger partial charge in [-0.2, -0.15) is 0 Å². The highest BCUT2D eigenvalue weighted by Crippen LogP contribution is 2.65. The van der Waals surface area contributed by atoms with Crippen molar-refractivity contribution in [2.45, 2.75) is 67.2 Å². The van der Waals surface area contributed by atoms with Gasteiger partial charge in [0.15, 0.2) is 0 Å². The van der Waals surface area contributed by atoms with E-state index >= 15 is 0 Å². The van der Waals surface area contributed by atoms with Crippen LogP contribution in [-0.2, 0) is 28.7 Å². The quantitative estimate of drug-likeness (QED) is 0.334. The van der Waals surface area contributed by atoms with Crippen LogP contribution < -0.4 is 0 Å². The Bertz CT molecular complexity index is 955. The third kappa shape index (κ3) is 2.80. The summed E-state index contributed by atoms with van der Waals surface area (Å²) in [7, 11) is 0. The summed E-state index contributed by atoms with van der Waals surface area (Å²) in [6, 6.07) is 0. The highest BCUT2D eigenvalue weighted by atomic mass is 16.6. The Labute approximate surface area is 201 Å². The predicted octanol–water partition coefficient (Wildman–Crippen LogP) is 4.63. The number of allylic oxidation sites excluding steroid dienone is 4. The predicted molar refractivity (Wildman–Crippen MR) is 124 cm³/mol. The molecular weight excluding hydrogens is 432 g/mol. The molecule has 0 radical (unpaired) electrons. The van der Waals surface area contributed by atoms with E-state index in [2.05, 4.69) is 65.8 Å². The number of esters is 4. The number of carbonyl (C=O) groups excluding carboxylic acids is 4. The minimum absolute atomic E-state index is 0.161. The first-order valence-electron chi connectivity index (χ1n) is 12.7. The van der Waals surface area contributed by atoms with Gasteiger partial charge in [0.05, 0.1) is 23.7 Å². The van der Waals surface area contributed by atoms with Gasteiger partial charge >= 0.3 is 23.9 Å². The van der Waals surface area contributed by atoms with E-state index in [1.807, 2.05) is 0 Å². The fourth-order valence-corrected chi connectivity index (χ4v) is 8.07. The van der Waals surface area contributed by atoms with Gasteiger partial charge in [-0.05, 0) is 48.3 Å². The van der Waals surface area contributed by atoms with Gasteiger partial charge in [0.2, 0.25) is 0 Å². The summed E-state index contributed by atoms with van der Waals surface area (Å²) in [6.07, 6.45) is 12.6. The van der Waals surface area contributed by atoms with E-state index in [0.29, 0.717) is 11.8 Å². The molecule has 6 nitrogen and oxygen atoms in total. The van der Waals surface area contributed by atoms with Crippen molar-refractivity contribution in [2.75, 3.05) is 0 Å². The topological polar surface area (TPSA) is 86.7 Å². The Morgan fingerprint density at radius 1 is 0.588 bits per heavy atom. The van der Waals surface area contributed by atoms with E-state index in [9.17, 15) is 19.2 Å². The molecule has 2 aliphatic heterocycles. The molecule has 2 saturated carbocycles. The molecule has 0 aromatic heterocycles. The van der Waals surface area contributed by atoms with Gasteiger partial charge in [-0.3, -0.25) is 19.2 Å². The maximum atomic E-state index is 12.0. The minimum Gasteiger partial charge on any atom is -0.393 e. The Morgan fingerprint density at radius 3 is 1.18 bits per heavy atom. The highest BCUT2D eigenvalue weighted by molar-refractivity contribution is 5.99. The first kappa shape index (κ1) is 23.5. The van der Waals surface area contributed by atoms with E-state index in [0.717, 1.165) is 25.7 Å². The molecule has 8 aliphatic rings. The number of fused-ring (bicyclic) bond motifs is 2. The van der Waals surface area contributed by atoms with Crippen LogP contribution in [0.15, 0.2) is 24.3 Å². The second kappa shape index (κ2) is 7.14. The molecule has 2 saturated heterocycles. The van der Waals surface area contributed by atoms with Crippen LogP contribution in [0.1, 0.15) is 67.2 Å². The fourth-order valence-electron chi connectivity index (χ4n) is 8.07. The molecule has 34 heavy (non-hydrogen) atoms. The van der Waals surface area contributed by atoms with E-state index in [1.54, 1.807) is 0 Å². The highest BCUT2D eigenvalue weighted by Gasteiger charge is 2.67. The number of rotatable bonds is 2. The molecule has 8 rings (SSSR count). The van der Waals surface area contributed by atoms with Crippen molar-refractivity contribution < 1.29 is 28.7 Å². The number of hydrogen-bond acceptors (Lipinski definition) is 6. The zero-order chi connectivity index (χ0) is 24.8. The van der Waals surface area contributed by atoms with Crippen molar-refractivity contribution in [2.24, 2.45) is 57.2 Å². The van der Waals surface area contributed by atoms with E-state index in [1.165, 1.54) is 0 Å². The third-order valence-corrected chi connectivity index (χ3v) is 10.6. The minimum atomic E-state index is -0.309. The standard InChI is InChI=1S/2C14H18O3/c2*1-8(2)14-6-4-13(3,5-7-14)9-10(14)12(16)17-11(9)15/h2*4,6,8-10H,5,7H2,1-3H3. The Morgan fingerprint density at radius 2 is 0.912 bits per heavy atom. The third-order valence-electron chi connectivity index (χ3n) is 10.6. The number of hydrogen-bond donors (Lipinski definition) is 0. The van der Waals surface area contributed by atoms with Crippen molar-refractivity contribution in [3.8, 4) is 0 Å². The smallest absolute Gasteiger partial charge is 0.318 e. The van der Waals surface area contributed by atoms with Gasteiger partial charge in [0.25, 0.3) is 0 Å². The van der Waals surface area contributed by atoms with Gasteiger partial charge < -0.3 is 9.47 Å². The van der Waals surface area contributed by atoms with Crippen LogP contribution in [0.2, 0.25) is 0 Å². The molecule has 4 fully saturated rings. The van der Waals surface area contributed by atoms with Gasteiger partial charge in [-0.25, -0.2) is 0 Å². The second-order valence-electron chi connectivity index (χ2n) is 12.6. The van der Waals surface area contributed by atoms with Crippen molar-refractivity contribution in [1.82, 2.24) is 0 Å². The zero-order valence-corrected chi connectivity index (χ0v) is 21.1. The summed E-state index contributed by atoms with van der Waals surface area (Å²) in [5.74, 6) is -1.52. The van der Waals surface area contributed by atoms with Crippen LogP contribution >= 0.6 is 0 Å². The maximum Gasteiger partial charge on any atom is 0.318 e. The van der Waals surface area contributed by atoms with Gasteiger partial charge in [0.1, 0.15) is 0 Å². The number of carbonyl (C=O) groups is 4. The summed E-state index contributed by atoms with van der Waals surface area (Å²) in [5.41, 5.74) is -0.674. The lowest BCUT2D eigenvalue weighted by atomic mass is 9.46. The van der Waals surface area contributed by atoms with Crippen LogP contribution in [0, 0.1) is 57.2 Å². The maximum absolute atomic E-state index is 12.0. The molecule has 4 bridgehead atoms. The molecule has 0 aromatic rings. The van der Waals surface area contributed by atoms with Gasteiger partial charge in [-0.1, -0.05) is 65.8 Å². The van der Waals surface area contributed by atoms with Gasteiger partial charge in [-0.15, -0.1) is 0 Å². The van der Waals surface area contributed by atoms with E-state index in [-0.39, 0.29) is 69.2 Å². The van der Waals surface area contributed by atoms with Crippen LogP contribution in [0.25, 0.3) is 0 Å². The van der Waals surface area contributed by atoms with E-state index in [4.69, 9.17) is 9.47 Å². The molecule has 8 atom stereocenters. The number of ether oxygens (including phenoxy) is 2. The summed E-state index contributed by atoms with van der Waals surface area (Å²) >= 11 is 0. The molecule has 0 N–H and O–H groups in total. The average molecular weight is 469 g/mol. The molecule has 2 heterocycles. The van der Waals surface area contributed by atoms with E-state index < -0.39 is 0 Å². The Kier molecular flexibility index (Phi) is 4.94. The Balaban J connectivity index is 0.000000142. The Hall–Kier alpha value is -2.24. The molecule has 0 spiro atoms. The van der Waals surface area contributed by atoms with Crippen molar-refractivity contribution in [3.63, 3.8) is 0 Å². The summed E-state index contributed by atoms with van der Waals surface area (Å²) in [5, 5.41) is 0. The normalized spacial score (nSPS) is 47.5. The first-order valence-corrected chi connectivity index (χ1v) is 12.7. The largest absolute Gasteiger partial charge is 0.393 e. The lowest BCUT2D eigenvalue weighted by Crippen LogP contribution is -2.53. The van der Waals surface area contributed by atoms with Gasteiger partial charge in [0, 0.05) is 10.8 Å². The van der Waals surface area contributed by atoms with Crippen molar-refractivity contribution in [1.29, 1.82) is 0 Å². The van der Waals surface area contributed by atoms with Crippen LogP contribution in [0.3, 0.4) is 0 Å². The molecule has 6 heteroatoms. The molecule has 6 aliphatic carbocycles. The summed E-state index contributed by atoms with van der Waals surface area (Å²) in [6.45, 7) is 12.7. The number of cyclic esters (lactones) is 4. The molecular formula is C28H36O6. The molecule has 0 amide bonds. The monoisotopic (exact) mass is 468 g/mol. The lowest BCUT2D eigenvalue weighted by molar-refractivity contribution is -0.156. The summed E-state index contributed by atoms with van der Waals surface area (Å²) in [4.78, 5) is 47.8. The fraction of sp³-hybridized carbons (Fsp3) is 0.714. The SMILES string of the molecule is CC(C)C12C=CC(C)(CC1)C1C(=O)OC(=O)C12.CC(C)C12C=CC(C)(CC1)C1C(=O)OC(=O)C12. The molecule has 0 aromatic carbocycles.